The predicted octanol–water partition coefficient (Wildman–Crippen LogP) is 5.84. The molecule has 2 rings (SSSR count). The van der Waals surface area contributed by atoms with Gasteiger partial charge in [-0.2, -0.15) is 0 Å². The van der Waals surface area contributed by atoms with Crippen LogP contribution in [0.3, 0.4) is 0 Å². The number of halogens is 4. The maximum absolute atomic E-state index is 14.1. The van der Waals surface area contributed by atoms with Crippen molar-refractivity contribution in [2.45, 2.75) is 32.6 Å². The molecule has 0 radical (unpaired) electrons. The smallest absolute Gasteiger partial charge is 0.159 e. The fourth-order valence-corrected chi connectivity index (χ4v) is 2.31. The van der Waals surface area contributed by atoms with Crippen LogP contribution < -0.4 is 0 Å². The van der Waals surface area contributed by atoms with Gasteiger partial charge < -0.3 is 0 Å². The first-order chi connectivity index (χ1) is 11.0. The van der Waals surface area contributed by atoms with E-state index in [1.54, 1.807) is 6.08 Å². The third-order valence-electron chi connectivity index (χ3n) is 3.58. The van der Waals surface area contributed by atoms with E-state index >= 15 is 0 Å². The van der Waals surface area contributed by atoms with Crippen LogP contribution in [-0.2, 0) is 12.8 Å². The summed E-state index contributed by atoms with van der Waals surface area (Å²) in [5, 5.41) is 0. The number of aryl methyl sites for hydroxylation is 1. The number of unbranched alkanes of at least 4 members (excludes halogenated alkanes) is 1. The lowest BCUT2D eigenvalue weighted by Gasteiger charge is -2.07. The molecular formula is C19H18F4. The molecule has 0 spiro atoms. The van der Waals surface area contributed by atoms with Crippen LogP contribution >= 0.6 is 0 Å². The van der Waals surface area contributed by atoms with Gasteiger partial charge in [-0.1, -0.05) is 31.6 Å². The number of hydrogen-bond acceptors (Lipinski definition) is 0. The van der Waals surface area contributed by atoms with Crippen LogP contribution in [0.4, 0.5) is 17.6 Å². The zero-order valence-corrected chi connectivity index (χ0v) is 12.9. The van der Waals surface area contributed by atoms with Crippen molar-refractivity contribution in [1.29, 1.82) is 0 Å². The Morgan fingerprint density at radius 1 is 0.826 bits per heavy atom. The van der Waals surface area contributed by atoms with Crippen LogP contribution in [0, 0.1) is 23.3 Å². The van der Waals surface area contributed by atoms with Crippen molar-refractivity contribution in [3.63, 3.8) is 0 Å². The molecule has 0 amide bonds. The first-order valence-corrected chi connectivity index (χ1v) is 7.59. The van der Waals surface area contributed by atoms with Gasteiger partial charge in [-0.25, -0.2) is 17.6 Å². The van der Waals surface area contributed by atoms with Crippen LogP contribution in [-0.4, -0.2) is 0 Å². The molecule has 0 unspecified atom stereocenters. The maximum Gasteiger partial charge on any atom is 0.159 e. The third kappa shape index (κ3) is 4.68. The summed E-state index contributed by atoms with van der Waals surface area (Å²) >= 11 is 0. The minimum atomic E-state index is -0.958. The van der Waals surface area contributed by atoms with Crippen molar-refractivity contribution in [3.8, 4) is 0 Å². The van der Waals surface area contributed by atoms with E-state index in [-0.39, 0.29) is 18.4 Å². The average molecular weight is 322 g/mol. The van der Waals surface area contributed by atoms with E-state index in [2.05, 4.69) is 0 Å². The molecule has 0 nitrogen and oxygen atoms in total. The van der Waals surface area contributed by atoms with E-state index in [0.29, 0.717) is 11.1 Å². The minimum Gasteiger partial charge on any atom is -0.207 e. The van der Waals surface area contributed by atoms with Crippen molar-refractivity contribution < 1.29 is 17.6 Å². The Bertz CT molecular complexity index is 682. The van der Waals surface area contributed by atoms with Gasteiger partial charge in [0.15, 0.2) is 11.6 Å². The molecule has 0 aliphatic rings. The number of hydrogen-bond donors (Lipinski definition) is 0. The van der Waals surface area contributed by atoms with Gasteiger partial charge in [-0.3, -0.25) is 0 Å². The standard InChI is InChI=1S/C19H18F4/c1-2-3-4-5-14-11-17(21)15(18(22)12-14)8-6-13-7-9-16(20)19(23)10-13/h4-5,7,9-12H,2-3,6,8H2,1H3. The van der Waals surface area contributed by atoms with Gasteiger partial charge >= 0.3 is 0 Å². The van der Waals surface area contributed by atoms with Crippen LogP contribution in [0.15, 0.2) is 36.4 Å². The van der Waals surface area contributed by atoms with E-state index < -0.39 is 23.3 Å². The Morgan fingerprint density at radius 2 is 1.52 bits per heavy atom. The van der Waals surface area contributed by atoms with E-state index in [4.69, 9.17) is 0 Å². The fraction of sp³-hybridized carbons (Fsp3) is 0.263. The van der Waals surface area contributed by atoms with E-state index in [0.717, 1.165) is 25.0 Å². The zero-order valence-electron chi connectivity index (χ0n) is 12.9. The van der Waals surface area contributed by atoms with Gasteiger partial charge in [0, 0.05) is 5.56 Å². The maximum atomic E-state index is 14.1. The summed E-state index contributed by atoms with van der Waals surface area (Å²) in [5.74, 6) is -3.14. The molecule has 23 heavy (non-hydrogen) atoms. The molecule has 0 bridgehead atoms. The van der Waals surface area contributed by atoms with Gasteiger partial charge in [0.05, 0.1) is 0 Å². The monoisotopic (exact) mass is 322 g/mol. The molecule has 0 saturated carbocycles. The Balaban J connectivity index is 2.12. The SMILES string of the molecule is CCCC=Cc1cc(F)c(CCc2ccc(F)c(F)c2)c(F)c1. The van der Waals surface area contributed by atoms with Gasteiger partial charge in [-0.05, 0) is 54.7 Å². The molecule has 0 saturated heterocycles. The first-order valence-electron chi connectivity index (χ1n) is 7.59. The molecule has 0 aliphatic heterocycles. The predicted molar refractivity (Wildman–Crippen MR) is 84.1 cm³/mol. The molecule has 122 valence electrons. The van der Waals surface area contributed by atoms with Crippen molar-refractivity contribution in [2.24, 2.45) is 0 Å². The molecule has 2 aromatic carbocycles. The highest BCUT2D eigenvalue weighted by atomic mass is 19.2. The normalized spacial score (nSPS) is 11.3. The highest BCUT2D eigenvalue weighted by Gasteiger charge is 2.11. The van der Waals surface area contributed by atoms with Gasteiger partial charge in [0.25, 0.3) is 0 Å². The Hall–Kier alpha value is -2.10. The van der Waals surface area contributed by atoms with Crippen molar-refractivity contribution in [1.82, 2.24) is 0 Å². The second kappa shape index (κ2) is 7.95. The van der Waals surface area contributed by atoms with Crippen LogP contribution in [0.25, 0.3) is 6.08 Å². The van der Waals surface area contributed by atoms with Gasteiger partial charge in [0.1, 0.15) is 11.6 Å². The highest BCUT2D eigenvalue weighted by Crippen LogP contribution is 2.19. The van der Waals surface area contributed by atoms with Crippen molar-refractivity contribution in [3.05, 3.63) is 76.4 Å². The summed E-state index contributed by atoms with van der Waals surface area (Å²) < 4.78 is 54.1. The molecule has 0 heterocycles. The van der Waals surface area contributed by atoms with E-state index in [1.165, 1.54) is 18.2 Å². The largest absolute Gasteiger partial charge is 0.207 e. The second-order valence-corrected chi connectivity index (χ2v) is 5.40. The average Bonchev–Trinajstić information content (AvgIpc) is 2.50. The minimum absolute atomic E-state index is 0.0395. The summed E-state index contributed by atoms with van der Waals surface area (Å²) in [6, 6.07) is 6.05. The Kier molecular flexibility index (Phi) is 5.97. The molecule has 0 aromatic heterocycles. The number of allylic oxidation sites excluding steroid dienone is 1. The molecule has 0 N–H and O–H groups in total. The third-order valence-corrected chi connectivity index (χ3v) is 3.58. The Morgan fingerprint density at radius 3 is 2.13 bits per heavy atom. The van der Waals surface area contributed by atoms with Crippen LogP contribution in [0.5, 0.6) is 0 Å². The van der Waals surface area contributed by atoms with Gasteiger partial charge in [-0.15, -0.1) is 0 Å². The van der Waals surface area contributed by atoms with E-state index in [9.17, 15) is 17.6 Å². The molecule has 0 atom stereocenters. The highest BCUT2D eigenvalue weighted by molar-refractivity contribution is 5.50. The number of benzene rings is 2. The summed E-state index contributed by atoms with van der Waals surface area (Å²) in [5.41, 5.74) is 0.932. The Labute approximate surface area is 133 Å². The summed E-state index contributed by atoms with van der Waals surface area (Å²) in [7, 11) is 0. The molecule has 0 aliphatic carbocycles. The molecule has 0 fully saturated rings. The topological polar surface area (TPSA) is 0 Å². The van der Waals surface area contributed by atoms with Crippen LogP contribution in [0.2, 0.25) is 0 Å². The zero-order chi connectivity index (χ0) is 16.8. The molecule has 4 heteroatoms. The lowest BCUT2D eigenvalue weighted by Crippen LogP contribution is -2.00. The van der Waals surface area contributed by atoms with Crippen molar-refractivity contribution >= 4 is 6.08 Å². The quantitative estimate of drug-likeness (QED) is 0.586. The van der Waals surface area contributed by atoms with Crippen LogP contribution in [0.1, 0.15) is 36.5 Å². The second-order valence-electron chi connectivity index (χ2n) is 5.40. The van der Waals surface area contributed by atoms with E-state index in [1.807, 2.05) is 13.0 Å². The van der Waals surface area contributed by atoms with Gasteiger partial charge in [0.2, 0.25) is 0 Å². The molecule has 2 aromatic rings. The number of rotatable bonds is 6. The molecular weight excluding hydrogens is 304 g/mol. The lowest BCUT2D eigenvalue weighted by molar-refractivity contribution is 0.506. The summed E-state index contributed by atoms with van der Waals surface area (Å²) in [6.45, 7) is 2.02. The van der Waals surface area contributed by atoms with Crippen molar-refractivity contribution in [2.75, 3.05) is 0 Å². The summed E-state index contributed by atoms with van der Waals surface area (Å²) in [4.78, 5) is 0. The lowest BCUT2D eigenvalue weighted by atomic mass is 10.0. The first kappa shape index (κ1) is 17.3. The summed E-state index contributed by atoms with van der Waals surface area (Å²) in [6.07, 6.45) is 5.69. The fourth-order valence-electron chi connectivity index (χ4n) is 2.31.